The number of aromatic amines is 1. The van der Waals surface area contributed by atoms with Crippen molar-refractivity contribution in [2.45, 2.75) is 6.54 Å². The number of halogens is 2. The highest BCUT2D eigenvalue weighted by Crippen LogP contribution is 2.25. The lowest BCUT2D eigenvalue weighted by atomic mass is 10.1. The summed E-state index contributed by atoms with van der Waals surface area (Å²) < 4.78 is 15.6. The monoisotopic (exact) mass is 396 g/mol. The number of carbonyl (C=O) groups excluding carboxylic acids is 2. The lowest BCUT2D eigenvalue weighted by Crippen LogP contribution is -2.23. The average molecular weight is 397 g/mol. The molecular weight excluding hydrogens is 383 g/mol. The number of nitrogens with zero attached hydrogens (tertiary/aromatic N) is 2. The van der Waals surface area contributed by atoms with Gasteiger partial charge >= 0.3 is 0 Å². The SMILES string of the molecule is O=C(Nc1ccn[nH]1)C(=O)c1cn(Cc2ccc(Cl)cc2)c2cc(F)ccc12. The summed E-state index contributed by atoms with van der Waals surface area (Å²) in [5, 5.41) is 9.85. The van der Waals surface area contributed by atoms with Crippen molar-refractivity contribution in [2.24, 2.45) is 0 Å². The average Bonchev–Trinajstić information content (AvgIpc) is 3.31. The van der Waals surface area contributed by atoms with Crippen LogP contribution in [0.2, 0.25) is 5.02 Å². The first-order chi connectivity index (χ1) is 13.5. The number of H-pyrrole nitrogens is 1. The van der Waals surface area contributed by atoms with E-state index in [1.54, 1.807) is 22.9 Å². The van der Waals surface area contributed by atoms with Gasteiger partial charge in [-0.2, -0.15) is 5.10 Å². The molecule has 0 unspecified atom stereocenters. The molecule has 6 nitrogen and oxygen atoms in total. The summed E-state index contributed by atoms with van der Waals surface area (Å²) >= 11 is 5.92. The standard InChI is InChI=1S/C20H14ClFN4O2/c21-13-3-1-12(2-4-13)10-26-11-16(15-6-5-14(22)9-17(15)26)19(27)20(28)24-18-7-8-23-25-18/h1-9,11H,10H2,(H2,23,24,25,28). The fourth-order valence-electron chi connectivity index (χ4n) is 2.99. The van der Waals surface area contributed by atoms with Gasteiger partial charge in [-0.3, -0.25) is 14.7 Å². The molecule has 0 radical (unpaired) electrons. The first-order valence-electron chi connectivity index (χ1n) is 8.39. The van der Waals surface area contributed by atoms with E-state index in [0.717, 1.165) is 5.56 Å². The molecule has 2 aromatic carbocycles. The van der Waals surface area contributed by atoms with E-state index in [0.29, 0.717) is 28.3 Å². The topological polar surface area (TPSA) is 79.8 Å². The van der Waals surface area contributed by atoms with Crippen LogP contribution in [0.1, 0.15) is 15.9 Å². The summed E-state index contributed by atoms with van der Waals surface area (Å²) in [4.78, 5) is 25.0. The minimum absolute atomic E-state index is 0.195. The fourth-order valence-corrected chi connectivity index (χ4v) is 3.12. The highest BCUT2D eigenvalue weighted by atomic mass is 35.5. The number of hydrogen-bond acceptors (Lipinski definition) is 3. The van der Waals surface area contributed by atoms with E-state index in [9.17, 15) is 14.0 Å². The number of carbonyl (C=O) groups is 2. The molecule has 0 saturated carbocycles. The maximum absolute atomic E-state index is 13.8. The fraction of sp³-hybridized carbons (Fsp3) is 0.0500. The summed E-state index contributed by atoms with van der Waals surface area (Å²) in [6.07, 6.45) is 3.02. The van der Waals surface area contributed by atoms with Crippen LogP contribution >= 0.6 is 11.6 Å². The van der Waals surface area contributed by atoms with Gasteiger partial charge in [-0.15, -0.1) is 0 Å². The van der Waals surface area contributed by atoms with Crippen LogP contribution in [0.5, 0.6) is 0 Å². The van der Waals surface area contributed by atoms with Crippen LogP contribution in [0.4, 0.5) is 10.2 Å². The van der Waals surface area contributed by atoms with Crippen LogP contribution in [0.15, 0.2) is 60.9 Å². The molecular formula is C20H14ClFN4O2. The molecule has 0 fully saturated rings. The summed E-state index contributed by atoms with van der Waals surface area (Å²) in [6, 6.07) is 12.8. The molecule has 1 amide bonds. The van der Waals surface area contributed by atoms with Crippen LogP contribution in [0, 0.1) is 5.82 Å². The summed E-state index contributed by atoms with van der Waals surface area (Å²) in [6.45, 7) is 0.395. The minimum atomic E-state index is -0.806. The van der Waals surface area contributed by atoms with Gasteiger partial charge in [-0.1, -0.05) is 23.7 Å². The Morgan fingerprint density at radius 3 is 2.64 bits per heavy atom. The molecule has 0 aliphatic heterocycles. The molecule has 4 aromatic rings. The third-order valence-corrected chi connectivity index (χ3v) is 4.56. The van der Waals surface area contributed by atoms with E-state index in [1.807, 2.05) is 12.1 Å². The highest BCUT2D eigenvalue weighted by molar-refractivity contribution is 6.48. The lowest BCUT2D eigenvalue weighted by Gasteiger charge is -2.06. The Morgan fingerprint density at radius 1 is 1.14 bits per heavy atom. The molecule has 8 heteroatoms. The molecule has 0 saturated heterocycles. The van der Waals surface area contributed by atoms with E-state index < -0.39 is 17.5 Å². The van der Waals surface area contributed by atoms with Gasteiger partial charge in [0, 0.05) is 29.2 Å². The van der Waals surface area contributed by atoms with Crippen molar-refractivity contribution in [2.75, 3.05) is 5.32 Å². The van der Waals surface area contributed by atoms with Crippen LogP contribution in [-0.2, 0) is 11.3 Å². The maximum Gasteiger partial charge on any atom is 0.297 e. The van der Waals surface area contributed by atoms with Crippen LogP contribution < -0.4 is 5.32 Å². The zero-order chi connectivity index (χ0) is 19.7. The van der Waals surface area contributed by atoms with Crippen molar-refractivity contribution < 1.29 is 14.0 Å². The summed E-state index contributed by atoms with van der Waals surface area (Å²) in [7, 11) is 0. The number of rotatable bonds is 5. The van der Waals surface area contributed by atoms with Gasteiger partial charge in [0.2, 0.25) is 0 Å². The second-order valence-corrected chi connectivity index (χ2v) is 6.65. The first-order valence-corrected chi connectivity index (χ1v) is 8.77. The predicted molar refractivity (Wildman–Crippen MR) is 104 cm³/mol. The quantitative estimate of drug-likeness (QED) is 0.395. The molecule has 0 atom stereocenters. The Bertz CT molecular complexity index is 1170. The summed E-state index contributed by atoms with van der Waals surface area (Å²) in [5.74, 6) is -1.64. The number of nitrogens with one attached hydrogen (secondary N) is 2. The number of fused-ring (bicyclic) bond motifs is 1. The third kappa shape index (κ3) is 3.52. The van der Waals surface area contributed by atoms with Gasteiger partial charge < -0.3 is 9.88 Å². The van der Waals surface area contributed by atoms with E-state index in [4.69, 9.17) is 11.6 Å². The maximum atomic E-state index is 13.8. The Kier molecular flexibility index (Phi) is 4.67. The molecule has 2 N–H and O–H groups in total. The molecule has 0 bridgehead atoms. The molecule has 2 heterocycles. The minimum Gasteiger partial charge on any atom is -0.342 e. The van der Waals surface area contributed by atoms with Gasteiger partial charge in [0.15, 0.2) is 0 Å². The molecule has 28 heavy (non-hydrogen) atoms. The third-order valence-electron chi connectivity index (χ3n) is 4.31. The number of Topliss-reactive ketones (excluding diaryl/α,β-unsaturated/α-hetero) is 1. The van der Waals surface area contributed by atoms with Gasteiger partial charge in [0.1, 0.15) is 11.6 Å². The smallest absolute Gasteiger partial charge is 0.297 e. The number of hydrogen-bond donors (Lipinski definition) is 2. The van der Waals surface area contributed by atoms with Crippen molar-refractivity contribution >= 4 is 40.0 Å². The zero-order valence-corrected chi connectivity index (χ0v) is 15.2. The molecule has 0 aliphatic rings. The van der Waals surface area contributed by atoms with Gasteiger partial charge in [-0.05, 0) is 35.9 Å². The Labute approximate surface area is 163 Å². The second kappa shape index (κ2) is 7.28. The second-order valence-electron chi connectivity index (χ2n) is 6.21. The normalized spacial score (nSPS) is 10.9. The van der Waals surface area contributed by atoms with Crippen molar-refractivity contribution in [1.82, 2.24) is 14.8 Å². The molecule has 0 aliphatic carbocycles. The predicted octanol–water partition coefficient (Wildman–Crippen LogP) is 4.03. The molecule has 4 rings (SSSR count). The van der Waals surface area contributed by atoms with Crippen LogP contribution in [-0.4, -0.2) is 26.5 Å². The van der Waals surface area contributed by atoms with Crippen LogP contribution in [0.3, 0.4) is 0 Å². The Hall–Kier alpha value is -3.45. The van der Waals surface area contributed by atoms with Crippen molar-refractivity contribution in [3.8, 4) is 0 Å². The van der Waals surface area contributed by atoms with Gasteiger partial charge in [0.25, 0.3) is 11.7 Å². The van der Waals surface area contributed by atoms with E-state index in [2.05, 4.69) is 15.5 Å². The van der Waals surface area contributed by atoms with E-state index in [1.165, 1.54) is 30.5 Å². The van der Waals surface area contributed by atoms with Crippen LogP contribution in [0.25, 0.3) is 10.9 Å². The number of aromatic nitrogens is 3. The highest BCUT2D eigenvalue weighted by Gasteiger charge is 2.22. The Balaban J connectivity index is 1.71. The zero-order valence-electron chi connectivity index (χ0n) is 14.4. The van der Waals surface area contributed by atoms with E-state index in [-0.39, 0.29) is 5.56 Å². The first kappa shape index (κ1) is 17.9. The summed E-state index contributed by atoms with van der Waals surface area (Å²) in [5.41, 5.74) is 1.64. The van der Waals surface area contributed by atoms with Gasteiger partial charge in [0.05, 0.1) is 17.3 Å². The molecule has 2 aromatic heterocycles. The number of anilines is 1. The molecule has 140 valence electrons. The number of ketones is 1. The Morgan fingerprint density at radius 2 is 1.93 bits per heavy atom. The lowest BCUT2D eigenvalue weighted by molar-refractivity contribution is -0.112. The van der Waals surface area contributed by atoms with Crippen molar-refractivity contribution in [3.63, 3.8) is 0 Å². The number of amides is 1. The van der Waals surface area contributed by atoms with Crippen molar-refractivity contribution in [1.29, 1.82) is 0 Å². The molecule has 0 spiro atoms. The van der Waals surface area contributed by atoms with E-state index >= 15 is 0 Å². The van der Waals surface area contributed by atoms with Crippen molar-refractivity contribution in [3.05, 3.63) is 82.9 Å². The van der Waals surface area contributed by atoms with Gasteiger partial charge in [-0.25, -0.2) is 4.39 Å². The largest absolute Gasteiger partial charge is 0.342 e. The number of benzene rings is 2.